The van der Waals surface area contributed by atoms with Crippen molar-refractivity contribution in [3.8, 4) is 0 Å². The molecule has 7 nitrogen and oxygen atoms in total. The van der Waals surface area contributed by atoms with Gasteiger partial charge in [-0.05, 0) is 36.2 Å². The van der Waals surface area contributed by atoms with Gasteiger partial charge in [-0.15, -0.1) is 0 Å². The Labute approximate surface area is 177 Å². The van der Waals surface area contributed by atoms with Crippen molar-refractivity contribution in [2.75, 3.05) is 44.7 Å². The molecule has 0 atom stereocenters. The number of carbonyl (C=O) groups excluding carboxylic acids is 2. The van der Waals surface area contributed by atoms with Gasteiger partial charge in [-0.25, -0.2) is 4.79 Å². The number of amides is 3. The van der Waals surface area contributed by atoms with Gasteiger partial charge in [0.15, 0.2) is 0 Å². The first-order chi connectivity index (χ1) is 14.6. The van der Waals surface area contributed by atoms with E-state index in [2.05, 4.69) is 16.4 Å². The van der Waals surface area contributed by atoms with Crippen molar-refractivity contribution in [2.45, 2.75) is 25.2 Å². The molecule has 1 aromatic carbocycles. The number of rotatable bonds is 7. The fourth-order valence-electron chi connectivity index (χ4n) is 3.87. The minimum absolute atomic E-state index is 0.0717. The van der Waals surface area contributed by atoms with Crippen LogP contribution in [0.25, 0.3) is 0 Å². The van der Waals surface area contributed by atoms with Crippen molar-refractivity contribution in [1.82, 2.24) is 14.8 Å². The van der Waals surface area contributed by atoms with Gasteiger partial charge in [0.2, 0.25) is 5.91 Å². The van der Waals surface area contributed by atoms with Crippen molar-refractivity contribution in [1.29, 1.82) is 0 Å². The van der Waals surface area contributed by atoms with Gasteiger partial charge >= 0.3 is 6.03 Å². The van der Waals surface area contributed by atoms with E-state index in [-0.39, 0.29) is 11.9 Å². The van der Waals surface area contributed by atoms with Crippen molar-refractivity contribution in [3.05, 3.63) is 59.9 Å². The highest BCUT2D eigenvalue weighted by atomic mass is 16.5. The van der Waals surface area contributed by atoms with Crippen molar-refractivity contribution in [2.24, 2.45) is 0 Å². The maximum Gasteiger partial charge on any atom is 0.321 e. The molecule has 2 saturated heterocycles. The first-order valence-corrected chi connectivity index (χ1v) is 10.6. The standard InChI is InChI=1S/C23H28N4O3/c1-2-30-11-9-22(28)26-13-19(14-26)17-5-7-21(8-6-17)25-23(29)27-15-20(16-27)18-4-3-10-24-12-18/h3-8,10,12,19-20H,2,9,11,13-16H2,1H3,(H,25,29). The normalized spacial score (nSPS) is 16.7. The Morgan fingerprint density at radius 1 is 1.03 bits per heavy atom. The zero-order valence-electron chi connectivity index (χ0n) is 17.3. The molecule has 2 aromatic rings. The van der Waals surface area contributed by atoms with Crippen molar-refractivity contribution < 1.29 is 14.3 Å². The number of urea groups is 1. The summed E-state index contributed by atoms with van der Waals surface area (Å²) in [4.78, 5) is 32.3. The average Bonchev–Trinajstić information content (AvgIpc) is 2.68. The van der Waals surface area contributed by atoms with Crippen LogP contribution in [0, 0.1) is 0 Å². The summed E-state index contributed by atoms with van der Waals surface area (Å²) in [6.07, 6.45) is 4.08. The second-order valence-corrected chi connectivity index (χ2v) is 7.88. The first kappa shape index (κ1) is 20.3. The summed E-state index contributed by atoms with van der Waals surface area (Å²) in [5.74, 6) is 0.883. The number of pyridine rings is 1. The maximum atomic E-state index is 12.4. The Kier molecular flexibility index (Phi) is 6.28. The number of nitrogens with zero attached hydrogens (tertiary/aromatic N) is 3. The number of ether oxygens (including phenoxy) is 1. The van der Waals surface area contributed by atoms with Crippen LogP contribution < -0.4 is 5.32 Å². The van der Waals surface area contributed by atoms with Crippen LogP contribution in [-0.4, -0.2) is 66.1 Å². The summed E-state index contributed by atoms with van der Waals surface area (Å²) >= 11 is 0. The second-order valence-electron chi connectivity index (χ2n) is 7.88. The maximum absolute atomic E-state index is 12.4. The average molecular weight is 409 g/mol. The summed E-state index contributed by atoms with van der Waals surface area (Å²) in [6.45, 7) is 5.99. The van der Waals surface area contributed by atoms with Crippen LogP contribution in [0.4, 0.5) is 10.5 Å². The molecule has 30 heavy (non-hydrogen) atoms. The molecule has 0 aliphatic carbocycles. The molecule has 2 fully saturated rings. The minimum Gasteiger partial charge on any atom is -0.381 e. The van der Waals surface area contributed by atoms with Crippen LogP contribution in [0.2, 0.25) is 0 Å². The lowest BCUT2D eigenvalue weighted by atomic mass is 9.91. The van der Waals surface area contributed by atoms with E-state index in [1.165, 1.54) is 11.1 Å². The third-order valence-electron chi connectivity index (χ3n) is 5.86. The Morgan fingerprint density at radius 3 is 2.40 bits per heavy atom. The molecule has 4 rings (SSSR count). The number of anilines is 1. The fourth-order valence-corrected chi connectivity index (χ4v) is 3.87. The van der Waals surface area contributed by atoms with Gasteiger partial charge in [0.05, 0.1) is 13.0 Å². The van der Waals surface area contributed by atoms with Gasteiger partial charge < -0.3 is 19.9 Å². The smallest absolute Gasteiger partial charge is 0.321 e. The monoisotopic (exact) mass is 408 g/mol. The predicted molar refractivity (Wildman–Crippen MR) is 114 cm³/mol. The van der Waals surface area contributed by atoms with Gasteiger partial charge in [-0.1, -0.05) is 18.2 Å². The van der Waals surface area contributed by atoms with Crippen LogP contribution in [0.3, 0.4) is 0 Å². The molecule has 158 valence electrons. The Bertz CT molecular complexity index is 860. The van der Waals surface area contributed by atoms with Crippen LogP contribution in [-0.2, 0) is 9.53 Å². The summed E-state index contributed by atoms with van der Waals surface area (Å²) in [6, 6.07) is 11.9. The van der Waals surface area contributed by atoms with E-state index in [1.807, 2.05) is 53.3 Å². The van der Waals surface area contributed by atoms with E-state index in [4.69, 9.17) is 4.74 Å². The number of nitrogens with one attached hydrogen (secondary N) is 1. The zero-order chi connectivity index (χ0) is 20.9. The molecule has 0 radical (unpaired) electrons. The fraction of sp³-hybridized carbons (Fsp3) is 0.435. The van der Waals surface area contributed by atoms with E-state index in [0.29, 0.717) is 44.6 Å². The lowest BCUT2D eigenvalue weighted by Gasteiger charge is -2.40. The highest BCUT2D eigenvalue weighted by molar-refractivity contribution is 5.90. The van der Waals surface area contributed by atoms with Gasteiger partial charge in [0.1, 0.15) is 0 Å². The summed E-state index contributed by atoms with van der Waals surface area (Å²) < 4.78 is 5.25. The lowest BCUT2D eigenvalue weighted by Crippen LogP contribution is -2.50. The number of aromatic nitrogens is 1. The molecule has 3 amide bonds. The molecule has 7 heteroatoms. The van der Waals surface area contributed by atoms with Gasteiger partial charge in [0, 0.05) is 62.7 Å². The predicted octanol–water partition coefficient (Wildman–Crippen LogP) is 3.07. The Balaban J connectivity index is 1.20. The molecule has 0 unspecified atom stereocenters. The van der Waals surface area contributed by atoms with Gasteiger partial charge in [0.25, 0.3) is 0 Å². The summed E-state index contributed by atoms with van der Waals surface area (Å²) in [5, 5.41) is 2.97. The quantitative estimate of drug-likeness (QED) is 0.715. The van der Waals surface area contributed by atoms with Crippen molar-refractivity contribution >= 4 is 17.6 Å². The summed E-state index contributed by atoms with van der Waals surface area (Å²) in [7, 11) is 0. The van der Waals surface area contributed by atoms with E-state index in [0.717, 1.165) is 18.8 Å². The largest absolute Gasteiger partial charge is 0.381 e. The van der Waals surface area contributed by atoms with Crippen LogP contribution in [0.5, 0.6) is 0 Å². The molecule has 3 heterocycles. The molecule has 0 bridgehead atoms. The highest BCUT2D eigenvalue weighted by Crippen LogP contribution is 2.29. The lowest BCUT2D eigenvalue weighted by molar-refractivity contribution is -0.136. The minimum atomic E-state index is -0.0717. The molecular formula is C23H28N4O3. The molecule has 0 saturated carbocycles. The number of carbonyl (C=O) groups is 2. The van der Waals surface area contributed by atoms with E-state index in [1.54, 1.807) is 6.20 Å². The van der Waals surface area contributed by atoms with Gasteiger partial charge in [-0.2, -0.15) is 0 Å². The molecule has 1 aromatic heterocycles. The topological polar surface area (TPSA) is 74.8 Å². The molecule has 2 aliphatic heterocycles. The number of hydrogen-bond acceptors (Lipinski definition) is 4. The first-order valence-electron chi connectivity index (χ1n) is 10.6. The third kappa shape index (κ3) is 4.62. The van der Waals surface area contributed by atoms with Crippen molar-refractivity contribution in [3.63, 3.8) is 0 Å². The third-order valence-corrected chi connectivity index (χ3v) is 5.86. The molecular weight excluding hydrogens is 380 g/mol. The van der Waals surface area contributed by atoms with Crippen LogP contribution in [0.15, 0.2) is 48.8 Å². The van der Waals surface area contributed by atoms with E-state index in [9.17, 15) is 9.59 Å². The number of likely N-dealkylation sites (tertiary alicyclic amines) is 2. The van der Waals surface area contributed by atoms with E-state index >= 15 is 0 Å². The highest BCUT2D eigenvalue weighted by Gasteiger charge is 2.33. The number of benzene rings is 1. The van der Waals surface area contributed by atoms with E-state index < -0.39 is 0 Å². The van der Waals surface area contributed by atoms with Gasteiger partial charge in [-0.3, -0.25) is 9.78 Å². The van der Waals surface area contributed by atoms with Crippen LogP contribution >= 0.6 is 0 Å². The molecule has 2 aliphatic rings. The molecule has 0 spiro atoms. The Morgan fingerprint density at radius 2 is 1.73 bits per heavy atom. The summed E-state index contributed by atoms with van der Waals surface area (Å²) in [5.41, 5.74) is 3.16. The Hall–Kier alpha value is -2.93. The number of hydrogen-bond donors (Lipinski definition) is 1. The molecule has 1 N–H and O–H groups in total. The van der Waals surface area contributed by atoms with Crippen LogP contribution in [0.1, 0.15) is 36.3 Å². The zero-order valence-corrected chi connectivity index (χ0v) is 17.3. The SMILES string of the molecule is CCOCCC(=O)N1CC(c2ccc(NC(=O)N3CC(c4cccnc4)C3)cc2)C1. The second kappa shape index (κ2) is 9.26.